The van der Waals surface area contributed by atoms with Crippen LogP contribution in [0.3, 0.4) is 0 Å². The van der Waals surface area contributed by atoms with Gasteiger partial charge in [0.1, 0.15) is 0 Å². The number of carbonyl (C=O) groups excluding carboxylic acids is 1. The first-order valence-corrected chi connectivity index (χ1v) is 10.8. The van der Waals surface area contributed by atoms with Gasteiger partial charge in [-0.2, -0.15) is 0 Å². The Morgan fingerprint density at radius 2 is 1.52 bits per heavy atom. The molecular weight excluding hydrogens is 356 g/mol. The molecule has 2 aromatic carbocycles. The summed E-state index contributed by atoms with van der Waals surface area (Å²) in [4.78, 5) is 15.5. The van der Waals surface area contributed by atoms with Gasteiger partial charge in [0.2, 0.25) is 0 Å². The van der Waals surface area contributed by atoms with Crippen molar-refractivity contribution in [1.82, 2.24) is 0 Å². The molecule has 2 aliphatic heterocycles. The topological polar surface area (TPSA) is 32.3 Å². The molecule has 2 heterocycles. The second-order valence-corrected chi connectivity index (χ2v) is 9.13. The highest BCUT2D eigenvalue weighted by Crippen LogP contribution is 2.53. The number of benzene rings is 2. The number of rotatable bonds is 2. The van der Waals surface area contributed by atoms with Crippen LogP contribution in [0.25, 0.3) is 0 Å². The van der Waals surface area contributed by atoms with Crippen molar-refractivity contribution in [2.75, 3.05) is 23.3 Å². The first-order chi connectivity index (χ1) is 14.2. The molecule has 0 unspecified atom stereocenters. The summed E-state index contributed by atoms with van der Waals surface area (Å²) in [6.07, 6.45) is 11.8. The van der Waals surface area contributed by atoms with Gasteiger partial charge < -0.3 is 10.2 Å². The summed E-state index contributed by atoms with van der Waals surface area (Å²) in [7, 11) is 0. The molecule has 0 saturated heterocycles. The number of nitrogens with zero attached hydrogens (tertiary/aromatic N) is 1. The van der Waals surface area contributed by atoms with Gasteiger partial charge in [0.05, 0.1) is 0 Å². The molecule has 2 aliphatic carbocycles. The molecule has 4 atom stereocenters. The van der Waals surface area contributed by atoms with E-state index in [1.807, 2.05) is 31.2 Å². The summed E-state index contributed by atoms with van der Waals surface area (Å²) in [6, 6.07) is 12.3. The second-order valence-electron chi connectivity index (χ2n) is 9.13. The van der Waals surface area contributed by atoms with E-state index in [1.165, 1.54) is 29.7 Å². The molecule has 0 saturated carbocycles. The Kier molecular flexibility index (Phi) is 3.74. The molecule has 0 radical (unpaired) electrons. The van der Waals surface area contributed by atoms with Crippen molar-refractivity contribution in [3.05, 3.63) is 83.0 Å². The van der Waals surface area contributed by atoms with E-state index in [2.05, 4.69) is 46.7 Å². The van der Waals surface area contributed by atoms with Crippen molar-refractivity contribution in [1.29, 1.82) is 0 Å². The molecule has 3 heteroatoms. The maximum atomic E-state index is 12.9. The van der Waals surface area contributed by atoms with Gasteiger partial charge in [-0.05, 0) is 67.0 Å². The Morgan fingerprint density at radius 3 is 2.10 bits per heavy atom. The number of hydrogen-bond donors (Lipinski definition) is 1. The van der Waals surface area contributed by atoms with Crippen molar-refractivity contribution in [2.45, 2.75) is 31.6 Å². The van der Waals surface area contributed by atoms with Crippen LogP contribution in [0.5, 0.6) is 0 Å². The van der Waals surface area contributed by atoms with E-state index in [-0.39, 0.29) is 5.91 Å². The fourth-order valence-electron chi connectivity index (χ4n) is 5.86. The zero-order chi connectivity index (χ0) is 19.5. The average Bonchev–Trinajstić information content (AvgIpc) is 3.38. The summed E-state index contributed by atoms with van der Waals surface area (Å²) in [5.41, 5.74) is 7.07. The lowest BCUT2D eigenvalue weighted by Gasteiger charge is -2.46. The number of hydrogen-bond acceptors (Lipinski definition) is 2. The largest absolute Gasteiger partial charge is 0.370 e. The van der Waals surface area contributed by atoms with Gasteiger partial charge in [0.25, 0.3) is 5.91 Å². The standard InChI is InChI=1S/C26H26N2O/c1-16-8-10-17(11-9-16)26(29)27-20-12-23-21-6-2-4-18(21)14-28-15-19-5-3-7-22(19)24(13-20)25(23)28/h2-3,6-13,18-19,21-22H,4-5,14-15H2,1H3,(H,27,29)/t18-,19-,21+,22+/m1/s1. The number of allylic oxidation sites excluding steroid dienone is 4. The van der Waals surface area contributed by atoms with Gasteiger partial charge >= 0.3 is 0 Å². The lowest BCUT2D eigenvalue weighted by molar-refractivity contribution is 0.102. The first kappa shape index (κ1) is 17.1. The van der Waals surface area contributed by atoms with Crippen LogP contribution < -0.4 is 10.2 Å². The zero-order valence-electron chi connectivity index (χ0n) is 16.8. The normalized spacial score (nSPS) is 28.1. The Labute approximate surface area is 172 Å². The van der Waals surface area contributed by atoms with E-state index in [0.29, 0.717) is 29.2 Å². The molecule has 1 amide bonds. The third kappa shape index (κ3) is 2.67. The predicted molar refractivity (Wildman–Crippen MR) is 118 cm³/mol. The molecule has 2 aromatic rings. The highest BCUT2D eigenvalue weighted by molar-refractivity contribution is 6.04. The highest BCUT2D eigenvalue weighted by Gasteiger charge is 2.42. The summed E-state index contributed by atoms with van der Waals surface area (Å²) in [5.74, 6) is 2.28. The van der Waals surface area contributed by atoms with Crippen LogP contribution >= 0.6 is 0 Å². The van der Waals surface area contributed by atoms with E-state index >= 15 is 0 Å². The van der Waals surface area contributed by atoms with Gasteiger partial charge in [-0.3, -0.25) is 4.79 Å². The number of amides is 1. The SMILES string of the molecule is Cc1ccc(C(=O)Nc2cc3c4c(c2)[C@H]2C=CC[C@@H]2CN4C[C@H]2CC=C[C@H]32)cc1. The van der Waals surface area contributed by atoms with Crippen molar-refractivity contribution in [3.8, 4) is 0 Å². The minimum absolute atomic E-state index is 0.0300. The summed E-state index contributed by atoms with van der Waals surface area (Å²) in [6.45, 7) is 4.37. The van der Waals surface area contributed by atoms with Crippen LogP contribution in [0.2, 0.25) is 0 Å². The van der Waals surface area contributed by atoms with Crippen LogP contribution in [0.4, 0.5) is 11.4 Å². The van der Waals surface area contributed by atoms with Crippen LogP contribution in [-0.2, 0) is 0 Å². The molecule has 3 nitrogen and oxygen atoms in total. The van der Waals surface area contributed by atoms with E-state index in [9.17, 15) is 4.79 Å². The van der Waals surface area contributed by atoms with E-state index in [4.69, 9.17) is 0 Å². The minimum atomic E-state index is -0.0300. The summed E-state index contributed by atoms with van der Waals surface area (Å²) >= 11 is 0. The Hall–Kier alpha value is -2.81. The second kappa shape index (κ2) is 6.35. The van der Waals surface area contributed by atoms with Crippen molar-refractivity contribution < 1.29 is 4.79 Å². The summed E-state index contributed by atoms with van der Waals surface area (Å²) < 4.78 is 0. The van der Waals surface area contributed by atoms with Crippen LogP contribution in [-0.4, -0.2) is 19.0 Å². The third-order valence-electron chi connectivity index (χ3n) is 7.26. The number of aryl methyl sites for hydroxylation is 1. The molecular formula is C26H26N2O. The van der Waals surface area contributed by atoms with Crippen molar-refractivity contribution in [3.63, 3.8) is 0 Å². The summed E-state index contributed by atoms with van der Waals surface area (Å²) in [5, 5.41) is 3.20. The molecule has 0 spiro atoms. The third-order valence-corrected chi connectivity index (χ3v) is 7.26. The molecule has 146 valence electrons. The smallest absolute Gasteiger partial charge is 0.255 e. The van der Waals surface area contributed by atoms with E-state index in [1.54, 1.807) is 0 Å². The predicted octanol–water partition coefficient (Wildman–Crippen LogP) is 5.40. The molecule has 29 heavy (non-hydrogen) atoms. The fourth-order valence-corrected chi connectivity index (χ4v) is 5.86. The molecule has 4 aliphatic rings. The minimum Gasteiger partial charge on any atom is -0.370 e. The molecule has 1 N–H and O–H groups in total. The van der Waals surface area contributed by atoms with Gasteiger partial charge in [0.15, 0.2) is 0 Å². The molecule has 0 aromatic heterocycles. The average molecular weight is 383 g/mol. The monoisotopic (exact) mass is 382 g/mol. The lowest BCUT2D eigenvalue weighted by Crippen LogP contribution is -2.43. The fraction of sp³-hybridized carbons (Fsp3) is 0.346. The van der Waals surface area contributed by atoms with Crippen LogP contribution in [0.1, 0.15) is 51.7 Å². The van der Waals surface area contributed by atoms with E-state index in [0.717, 1.165) is 24.3 Å². The Balaban J connectivity index is 1.43. The molecule has 6 rings (SSSR count). The van der Waals surface area contributed by atoms with Gasteiger partial charge in [-0.15, -0.1) is 0 Å². The molecule has 0 fully saturated rings. The first-order valence-electron chi connectivity index (χ1n) is 10.8. The van der Waals surface area contributed by atoms with Crippen LogP contribution in [0, 0.1) is 18.8 Å². The Bertz CT molecular complexity index is 998. The maximum absolute atomic E-state index is 12.9. The number of nitrogens with one attached hydrogen (secondary N) is 1. The van der Waals surface area contributed by atoms with Crippen molar-refractivity contribution in [2.24, 2.45) is 11.8 Å². The number of fused-ring (bicyclic) bond motifs is 4. The van der Waals surface area contributed by atoms with Crippen molar-refractivity contribution >= 4 is 17.3 Å². The van der Waals surface area contributed by atoms with E-state index < -0.39 is 0 Å². The molecule has 0 bridgehead atoms. The quantitative estimate of drug-likeness (QED) is 0.705. The zero-order valence-corrected chi connectivity index (χ0v) is 16.8. The maximum Gasteiger partial charge on any atom is 0.255 e. The Morgan fingerprint density at radius 1 is 0.931 bits per heavy atom. The van der Waals surface area contributed by atoms with Gasteiger partial charge in [-0.25, -0.2) is 0 Å². The number of carbonyl (C=O) groups is 1. The number of anilines is 2. The van der Waals surface area contributed by atoms with Gasteiger partial charge in [-0.1, -0.05) is 42.0 Å². The van der Waals surface area contributed by atoms with Gasteiger partial charge in [0, 0.05) is 41.9 Å². The van der Waals surface area contributed by atoms with Crippen LogP contribution in [0.15, 0.2) is 60.7 Å². The highest BCUT2D eigenvalue weighted by atomic mass is 16.1. The lowest BCUT2D eigenvalue weighted by atomic mass is 9.75.